The third kappa shape index (κ3) is 3.11. The highest BCUT2D eigenvalue weighted by Crippen LogP contribution is 2.20. The van der Waals surface area contributed by atoms with Crippen molar-refractivity contribution >= 4 is 27.5 Å². The van der Waals surface area contributed by atoms with Crippen molar-refractivity contribution in [3.8, 4) is 5.69 Å². The summed E-state index contributed by atoms with van der Waals surface area (Å²) in [5.41, 5.74) is 2.01. The largest absolute Gasteiger partial charge is 0.222 e. The number of nitrogens with zero attached hydrogens (tertiary/aromatic N) is 2. The summed E-state index contributed by atoms with van der Waals surface area (Å²) in [7, 11) is 0. The molecule has 0 radical (unpaired) electrons. The van der Waals surface area contributed by atoms with E-state index >= 15 is 0 Å². The van der Waals surface area contributed by atoms with E-state index in [1.807, 2.05) is 30.3 Å². The summed E-state index contributed by atoms with van der Waals surface area (Å²) in [5, 5.41) is 5.17. The van der Waals surface area contributed by atoms with Gasteiger partial charge in [-0.1, -0.05) is 41.4 Å². The van der Waals surface area contributed by atoms with Crippen molar-refractivity contribution in [3.63, 3.8) is 0 Å². The summed E-state index contributed by atoms with van der Waals surface area (Å²) in [4.78, 5) is 0. The van der Waals surface area contributed by atoms with Gasteiger partial charge in [0.25, 0.3) is 0 Å². The van der Waals surface area contributed by atoms with Crippen LogP contribution in [0.2, 0.25) is 5.15 Å². The molecule has 17 heavy (non-hydrogen) atoms. The molecule has 0 amide bonds. The number of rotatable bonds is 3. The molecule has 2 nitrogen and oxygen atoms in total. The lowest BCUT2D eigenvalue weighted by Crippen LogP contribution is -1.99. The highest BCUT2D eigenvalue weighted by atomic mass is 79.9. The van der Waals surface area contributed by atoms with Gasteiger partial charge in [0.05, 0.1) is 11.4 Å². The molecule has 4 heteroatoms. The van der Waals surface area contributed by atoms with Crippen LogP contribution in [0.4, 0.5) is 0 Å². The van der Waals surface area contributed by atoms with Crippen molar-refractivity contribution in [3.05, 3.63) is 45.7 Å². The molecule has 0 saturated carbocycles. The van der Waals surface area contributed by atoms with Crippen molar-refractivity contribution in [2.24, 2.45) is 5.92 Å². The monoisotopic (exact) mass is 312 g/mol. The molecule has 0 aliphatic carbocycles. The molecule has 0 aliphatic rings. The molecule has 1 aromatic carbocycles. The molecule has 1 heterocycles. The highest BCUT2D eigenvalue weighted by Gasteiger charge is 2.08. The quantitative estimate of drug-likeness (QED) is 0.816. The van der Waals surface area contributed by atoms with Crippen LogP contribution < -0.4 is 0 Å². The van der Waals surface area contributed by atoms with E-state index < -0.39 is 0 Å². The fourth-order valence-electron chi connectivity index (χ4n) is 1.69. The van der Waals surface area contributed by atoms with E-state index in [4.69, 9.17) is 11.6 Å². The van der Waals surface area contributed by atoms with Crippen LogP contribution in [0.5, 0.6) is 0 Å². The van der Waals surface area contributed by atoms with Gasteiger partial charge in [-0.15, -0.1) is 0 Å². The zero-order chi connectivity index (χ0) is 12.4. The summed E-state index contributed by atoms with van der Waals surface area (Å²) in [6, 6.07) is 9.87. The first-order valence-corrected chi connectivity index (χ1v) is 6.73. The van der Waals surface area contributed by atoms with Crippen LogP contribution >= 0.6 is 27.5 Å². The second kappa shape index (κ2) is 5.23. The Morgan fingerprint density at radius 3 is 2.53 bits per heavy atom. The molecule has 0 spiro atoms. The van der Waals surface area contributed by atoms with Gasteiger partial charge in [-0.2, -0.15) is 5.10 Å². The maximum absolute atomic E-state index is 6.19. The van der Waals surface area contributed by atoms with Crippen LogP contribution in [0.15, 0.2) is 34.8 Å². The fraction of sp³-hybridized carbons (Fsp3) is 0.308. The van der Waals surface area contributed by atoms with E-state index in [0.717, 1.165) is 22.3 Å². The van der Waals surface area contributed by atoms with E-state index in [9.17, 15) is 0 Å². The van der Waals surface area contributed by atoms with Crippen molar-refractivity contribution in [2.45, 2.75) is 20.3 Å². The molecule has 2 aromatic rings. The smallest absolute Gasteiger partial charge is 0.133 e. The Bertz CT molecular complexity index is 503. The molecule has 0 unspecified atom stereocenters. The van der Waals surface area contributed by atoms with Crippen LogP contribution in [0.1, 0.15) is 19.5 Å². The predicted octanol–water partition coefficient (Wildman–Crippen LogP) is 4.49. The van der Waals surface area contributed by atoms with E-state index in [0.29, 0.717) is 11.1 Å². The molecule has 0 N–H and O–H groups in total. The van der Waals surface area contributed by atoms with Gasteiger partial charge < -0.3 is 0 Å². The third-order valence-electron chi connectivity index (χ3n) is 2.41. The molecule has 2 rings (SSSR count). The van der Waals surface area contributed by atoms with E-state index in [1.54, 1.807) is 4.68 Å². The Balaban J connectivity index is 2.32. The summed E-state index contributed by atoms with van der Waals surface area (Å²) < 4.78 is 2.82. The molecule has 0 aliphatic heterocycles. The van der Waals surface area contributed by atoms with Crippen LogP contribution in [0.25, 0.3) is 5.69 Å². The molecule has 90 valence electrons. The number of hydrogen-bond acceptors (Lipinski definition) is 1. The molecular weight excluding hydrogens is 300 g/mol. The van der Waals surface area contributed by atoms with Crippen molar-refractivity contribution < 1.29 is 0 Å². The molecule has 0 atom stereocenters. The number of halogens is 2. The summed E-state index contributed by atoms with van der Waals surface area (Å²) in [5.74, 6) is 0.583. The van der Waals surface area contributed by atoms with Crippen LogP contribution in [0, 0.1) is 5.92 Å². The van der Waals surface area contributed by atoms with E-state index in [1.165, 1.54) is 0 Å². The Kier molecular flexibility index (Phi) is 3.89. The summed E-state index contributed by atoms with van der Waals surface area (Å²) in [6.45, 7) is 4.35. The van der Waals surface area contributed by atoms with Gasteiger partial charge in [-0.05, 0) is 42.7 Å². The van der Waals surface area contributed by atoms with Gasteiger partial charge in [0.1, 0.15) is 5.15 Å². The normalized spacial score (nSPS) is 11.1. The van der Waals surface area contributed by atoms with Gasteiger partial charge in [0.15, 0.2) is 0 Å². The summed E-state index contributed by atoms with van der Waals surface area (Å²) in [6.07, 6.45) is 0.948. The lowest BCUT2D eigenvalue weighted by atomic mass is 10.1. The Morgan fingerprint density at radius 2 is 1.94 bits per heavy atom. The fourth-order valence-corrected chi connectivity index (χ4v) is 2.21. The lowest BCUT2D eigenvalue weighted by molar-refractivity contribution is 0.628. The predicted molar refractivity (Wildman–Crippen MR) is 74.8 cm³/mol. The minimum absolute atomic E-state index is 0.583. The number of benzene rings is 1. The van der Waals surface area contributed by atoms with Crippen LogP contribution in [-0.4, -0.2) is 9.78 Å². The number of aromatic nitrogens is 2. The minimum Gasteiger partial charge on any atom is -0.222 e. The average molecular weight is 314 g/mol. The maximum atomic E-state index is 6.19. The van der Waals surface area contributed by atoms with Crippen molar-refractivity contribution in [1.29, 1.82) is 0 Å². The van der Waals surface area contributed by atoms with E-state index in [2.05, 4.69) is 34.9 Å². The van der Waals surface area contributed by atoms with Crippen molar-refractivity contribution in [1.82, 2.24) is 9.78 Å². The average Bonchev–Trinajstić information content (AvgIpc) is 2.59. The molecule has 0 saturated heterocycles. The molecular formula is C13H14BrClN2. The second-order valence-corrected chi connectivity index (χ2v) is 5.75. The Labute approximate surface area is 115 Å². The van der Waals surface area contributed by atoms with Gasteiger partial charge in [0, 0.05) is 4.47 Å². The molecule has 0 fully saturated rings. The van der Waals surface area contributed by atoms with Gasteiger partial charge in [-0.3, -0.25) is 0 Å². The maximum Gasteiger partial charge on any atom is 0.133 e. The lowest BCUT2D eigenvalue weighted by Gasteiger charge is -2.03. The molecule has 0 bridgehead atoms. The first-order chi connectivity index (χ1) is 8.06. The number of hydrogen-bond donors (Lipinski definition) is 0. The zero-order valence-corrected chi connectivity index (χ0v) is 12.2. The second-order valence-electron chi connectivity index (χ2n) is 4.44. The Hall–Kier alpha value is -0.800. The Morgan fingerprint density at radius 1 is 1.29 bits per heavy atom. The van der Waals surface area contributed by atoms with Gasteiger partial charge in [-0.25, -0.2) is 4.68 Å². The van der Waals surface area contributed by atoms with Gasteiger partial charge in [0.2, 0.25) is 0 Å². The first-order valence-electron chi connectivity index (χ1n) is 5.56. The topological polar surface area (TPSA) is 17.8 Å². The van der Waals surface area contributed by atoms with Crippen LogP contribution in [-0.2, 0) is 6.42 Å². The minimum atomic E-state index is 0.583. The SMILES string of the molecule is CC(C)Cc1cc(Cl)n(-c2ccc(Br)cc2)n1. The zero-order valence-electron chi connectivity index (χ0n) is 9.82. The first kappa shape index (κ1) is 12.7. The molecule has 1 aromatic heterocycles. The van der Waals surface area contributed by atoms with Crippen LogP contribution in [0.3, 0.4) is 0 Å². The van der Waals surface area contributed by atoms with E-state index in [-0.39, 0.29) is 0 Å². The summed E-state index contributed by atoms with van der Waals surface area (Å²) >= 11 is 9.60. The highest BCUT2D eigenvalue weighted by molar-refractivity contribution is 9.10. The van der Waals surface area contributed by atoms with Crippen molar-refractivity contribution in [2.75, 3.05) is 0 Å². The third-order valence-corrected chi connectivity index (χ3v) is 3.20. The van der Waals surface area contributed by atoms with Gasteiger partial charge >= 0.3 is 0 Å². The standard InChI is InChI=1S/C13H14BrClN2/c1-9(2)7-11-8-13(15)17(16-11)12-5-3-10(14)4-6-12/h3-6,8-9H,7H2,1-2H3.